The van der Waals surface area contributed by atoms with Crippen molar-refractivity contribution in [2.75, 3.05) is 0 Å². The number of aryl methyl sites for hydroxylation is 1. The van der Waals surface area contributed by atoms with Crippen LogP contribution in [0.5, 0.6) is 0 Å². The average molecular weight is 168 g/mol. The third kappa shape index (κ3) is 1.64. The van der Waals surface area contributed by atoms with E-state index in [4.69, 9.17) is 5.11 Å². The lowest BCUT2D eigenvalue weighted by Crippen LogP contribution is -2.01. The Bertz CT molecular complexity index is 291. The molecule has 0 aliphatic heterocycles. The summed E-state index contributed by atoms with van der Waals surface area (Å²) in [6.07, 6.45) is 0.862. The molecule has 2 N–H and O–H groups in total. The van der Waals surface area contributed by atoms with Crippen LogP contribution in [0.25, 0.3) is 0 Å². The Morgan fingerprint density at radius 1 is 1.67 bits per heavy atom. The first-order valence-electron chi connectivity index (χ1n) is 3.89. The number of hydrogen-bond acceptors (Lipinski definition) is 2. The summed E-state index contributed by atoms with van der Waals surface area (Å²) in [7, 11) is 0. The molecule has 4 nitrogen and oxygen atoms in total. The van der Waals surface area contributed by atoms with Crippen molar-refractivity contribution < 1.29 is 9.90 Å². The zero-order valence-corrected chi connectivity index (χ0v) is 7.22. The molecule has 1 rings (SSSR count). The van der Waals surface area contributed by atoms with Gasteiger partial charge < -0.3 is 5.11 Å². The Morgan fingerprint density at radius 2 is 2.33 bits per heavy atom. The minimum atomic E-state index is -0.829. The van der Waals surface area contributed by atoms with E-state index in [1.54, 1.807) is 0 Å². The molecule has 1 aromatic heterocycles. The second-order valence-electron chi connectivity index (χ2n) is 2.70. The number of H-pyrrole nitrogens is 1. The summed E-state index contributed by atoms with van der Waals surface area (Å²) in [4.78, 5) is 10.4. The molecule has 0 saturated heterocycles. The molecule has 0 bridgehead atoms. The predicted molar refractivity (Wildman–Crippen MR) is 44.0 cm³/mol. The van der Waals surface area contributed by atoms with Crippen molar-refractivity contribution in [1.29, 1.82) is 0 Å². The van der Waals surface area contributed by atoms with Crippen LogP contribution >= 0.6 is 0 Å². The van der Waals surface area contributed by atoms with Gasteiger partial charge in [-0.15, -0.1) is 0 Å². The highest BCUT2D eigenvalue weighted by molar-refractivity contribution is 5.70. The zero-order chi connectivity index (χ0) is 9.14. The molecule has 1 heterocycles. The summed E-state index contributed by atoms with van der Waals surface area (Å²) in [5.41, 5.74) is 2.63. The van der Waals surface area contributed by atoms with Crippen LogP contribution in [0, 0.1) is 6.92 Å². The molecule has 0 amide bonds. The van der Waals surface area contributed by atoms with Gasteiger partial charge in [0.2, 0.25) is 0 Å². The summed E-state index contributed by atoms with van der Waals surface area (Å²) in [5.74, 6) is -0.829. The number of aliphatic carboxylic acids is 1. The molecule has 0 aromatic carbocycles. The van der Waals surface area contributed by atoms with Gasteiger partial charge in [-0.05, 0) is 18.9 Å². The van der Waals surface area contributed by atoms with E-state index >= 15 is 0 Å². The quantitative estimate of drug-likeness (QED) is 0.704. The largest absolute Gasteiger partial charge is 0.481 e. The van der Waals surface area contributed by atoms with Crippen LogP contribution in [0.15, 0.2) is 0 Å². The standard InChI is InChI=1S/C8H12N2O2/c1-3-6-5(2)7(10-9-6)4-8(11)12/h3-4H2,1-2H3,(H,9,10)(H,11,12). The van der Waals surface area contributed by atoms with Crippen molar-refractivity contribution >= 4 is 5.97 Å². The molecule has 0 atom stereocenters. The molecule has 0 aliphatic rings. The third-order valence-corrected chi connectivity index (χ3v) is 1.87. The van der Waals surface area contributed by atoms with Crippen LogP contribution in [0.2, 0.25) is 0 Å². The summed E-state index contributed by atoms with van der Waals surface area (Å²) >= 11 is 0. The molecular weight excluding hydrogens is 156 g/mol. The number of rotatable bonds is 3. The number of aromatic amines is 1. The molecule has 0 radical (unpaired) electrons. The number of aromatic nitrogens is 2. The Labute approximate surface area is 70.6 Å². The lowest BCUT2D eigenvalue weighted by Gasteiger charge is -1.93. The van der Waals surface area contributed by atoms with Crippen LogP contribution in [-0.4, -0.2) is 21.3 Å². The maximum atomic E-state index is 10.4. The Balaban J connectivity index is 2.87. The highest BCUT2D eigenvalue weighted by atomic mass is 16.4. The van der Waals surface area contributed by atoms with E-state index in [-0.39, 0.29) is 6.42 Å². The Kier molecular flexibility index (Phi) is 2.47. The van der Waals surface area contributed by atoms with Crippen LogP contribution in [0.4, 0.5) is 0 Å². The highest BCUT2D eigenvalue weighted by Crippen LogP contribution is 2.10. The molecule has 66 valence electrons. The summed E-state index contributed by atoms with van der Waals surface area (Å²) in [6.45, 7) is 3.88. The van der Waals surface area contributed by atoms with Crippen molar-refractivity contribution in [3.8, 4) is 0 Å². The van der Waals surface area contributed by atoms with Crippen molar-refractivity contribution in [2.45, 2.75) is 26.7 Å². The van der Waals surface area contributed by atoms with Crippen LogP contribution < -0.4 is 0 Å². The van der Waals surface area contributed by atoms with Crippen LogP contribution in [0.3, 0.4) is 0 Å². The normalized spacial score (nSPS) is 10.2. The van der Waals surface area contributed by atoms with Gasteiger partial charge in [-0.3, -0.25) is 9.89 Å². The van der Waals surface area contributed by atoms with E-state index in [2.05, 4.69) is 10.2 Å². The van der Waals surface area contributed by atoms with Crippen molar-refractivity contribution in [1.82, 2.24) is 10.2 Å². The van der Waals surface area contributed by atoms with Crippen LogP contribution in [-0.2, 0) is 17.6 Å². The van der Waals surface area contributed by atoms with Gasteiger partial charge in [0.1, 0.15) is 0 Å². The molecule has 12 heavy (non-hydrogen) atoms. The van der Waals surface area contributed by atoms with E-state index in [1.165, 1.54) is 0 Å². The lowest BCUT2D eigenvalue weighted by atomic mass is 10.1. The van der Waals surface area contributed by atoms with E-state index in [9.17, 15) is 4.79 Å². The predicted octanol–water partition coefficient (Wildman–Crippen LogP) is 0.908. The van der Waals surface area contributed by atoms with Gasteiger partial charge in [0.25, 0.3) is 0 Å². The number of nitrogens with one attached hydrogen (secondary N) is 1. The van der Waals surface area contributed by atoms with Gasteiger partial charge >= 0.3 is 5.97 Å². The lowest BCUT2D eigenvalue weighted by molar-refractivity contribution is -0.136. The second-order valence-corrected chi connectivity index (χ2v) is 2.70. The first-order valence-corrected chi connectivity index (χ1v) is 3.89. The van der Waals surface area contributed by atoms with Gasteiger partial charge in [0.15, 0.2) is 0 Å². The minimum Gasteiger partial charge on any atom is -0.481 e. The van der Waals surface area contributed by atoms with E-state index in [0.717, 1.165) is 17.7 Å². The fraction of sp³-hybridized carbons (Fsp3) is 0.500. The van der Waals surface area contributed by atoms with E-state index in [0.29, 0.717) is 5.69 Å². The molecule has 0 saturated carbocycles. The molecular formula is C8H12N2O2. The van der Waals surface area contributed by atoms with Crippen LogP contribution in [0.1, 0.15) is 23.9 Å². The van der Waals surface area contributed by atoms with Crippen molar-refractivity contribution in [3.63, 3.8) is 0 Å². The van der Waals surface area contributed by atoms with Crippen molar-refractivity contribution in [3.05, 3.63) is 17.0 Å². The topological polar surface area (TPSA) is 66.0 Å². The molecule has 0 unspecified atom stereocenters. The van der Waals surface area contributed by atoms with Gasteiger partial charge in [0.05, 0.1) is 12.1 Å². The third-order valence-electron chi connectivity index (χ3n) is 1.87. The molecule has 1 aromatic rings. The van der Waals surface area contributed by atoms with Gasteiger partial charge in [0, 0.05) is 5.69 Å². The van der Waals surface area contributed by atoms with E-state index in [1.807, 2.05) is 13.8 Å². The number of carbonyl (C=O) groups is 1. The fourth-order valence-electron chi connectivity index (χ4n) is 1.14. The summed E-state index contributed by atoms with van der Waals surface area (Å²) in [6, 6.07) is 0. The Morgan fingerprint density at radius 3 is 2.75 bits per heavy atom. The maximum Gasteiger partial charge on any atom is 0.309 e. The molecule has 0 fully saturated rings. The average Bonchev–Trinajstić information content (AvgIpc) is 2.32. The molecule has 0 spiro atoms. The van der Waals surface area contributed by atoms with Gasteiger partial charge in [-0.25, -0.2) is 0 Å². The molecule has 4 heteroatoms. The number of hydrogen-bond donors (Lipinski definition) is 2. The monoisotopic (exact) mass is 168 g/mol. The van der Waals surface area contributed by atoms with Crippen molar-refractivity contribution in [2.24, 2.45) is 0 Å². The summed E-state index contributed by atoms with van der Waals surface area (Å²) < 4.78 is 0. The first kappa shape index (κ1) is 8.77. The van der Waals surface area contributed by atoms with Gasteiger partial charge in [-0.1, -0.05) is 6.92 Å². The number of carboxylic acid groups (broad SMARTS) is 1. The SMILES string of the molecule is CCc1n[nH]c(CC(=O)O)c1C. The summed E-state index contributed by atoms with van der Waals surface area (Å²) in [5, 5.41) is 15.2. The van der Waals surface area contributed by atoms with E-state index < -0.39 is 5.97 Å². The number of carboxylic acids is 1. The highest BCUT2D eigenvalue weighted by Gasteiger charge is 2.09. The number of nitrogens with zero attached hydrogens (tertiary/aromatic N) is 1. The van der Waals surface area contributed by atoms with Gasteiger partial charge in [-0.2, -0.15) is 5.10 Å². The molecule has 0 aliphatic carbocycles. The zero-order valence-electron chi connectivity index (χ0n) is 7.22. The second kappa shape index (κ2) is 3.38. The minimum absolute atomic E-state index is 0.0266. The Hall–Kier alpha value is -1.32. The first-order chi connectivity index (χ1) is 5.65. The maximum absolute atomic E-state index is 10.4. The smallest absolute Gasteiger partial charge is 0.309 e. The fourth-order valence-corrected chi connectivity index (χ4v) is 1.14.